The number of nitrogens with zero attached hydrogens (tertiary/aromatic N) is 2. The molecule has 0 saturated carbocycles. The molecule has 4 nitrogen and oxygen atoms in total. The molecule has 1 aromatic carbocycles. The molecule has 0 radical (unpaired) electrons. The third-order valence-corrected chi connectivity index (χ3v) is 2.60. The first-order valence-electron chi connectivity index (χ1n) is 5.62. The second kappa shape index (κ2) is 5.61. The Hall–Kier alpha value is -1.65. The molecule has 1 heterocycles. The smallest absolute Gasteiger partial charge is 0.127 e. The van der Waals surface area contributed by atoms with Gasteiger partial charge in [-0.1, -0.05) is 30.3 Å². The lowest BCUT2D eigenvalue weighted by Crippen LogP contribution is -2.20. The van der Waals surface area contributed by atoms with Crippen molar-refractivity contribution in [3.8, 4) is 0 Å². The van der Waals surface area contributed by atoms with Crippen LogP contribution in [0.4, 0.5) is 0 Å². The topological polar surface area (TPSA) is 53.1 Å². The van der Waals surface area contributed by atoms with Crippen molar-refractivity contribution in [3.63, 3.8) is 0 Å². The number of benzene rings is 1. The summed E-state index contributed by atoms with van der Waals surface area (Å²) in [4.78, 5) is 4.20. The lowest BCUT2D eigenvalue weighted by Gasteiger charge is -2.12. The van der Waals surface area contributed by atoms with Gasteiger partial charge in [0.2, 0.25) is 0 Å². The van der Waals surface area contributed by atoms with Gasteiger partial charge in [0.15, 0.2) is 0 Å². The van der Waals surface area contributed by atoms with E-state index < -0.39 is 0 Å². The second-order valence-corrected chi connectivity index (χ2v) is 4.00. The number of imidazole rings is 1. The van der Waals surface area contributed by atoms with Crippen molar-refractivity contribution in [1.29, 1.82) is 0 Å². The molecule has 2 N–H and O–H groups in total. The molecule has 0 fully saturated rings. The van der Waals surface area contributed by atoms with Crippen LogP contribution in [-0.4, -0.2) is 16.2 Å². The maximum Gasteiger partial charge on any atom is 0.127 e. The minimum absolute atomic E-state index is 0.182. The van der Waals surface area contributed by atoms with Gasteiger partial charge in [0.05, 0.1) is 19.3 Å². The van der Waals surface area contributed by atoms with Crippen molar-refractivity contribution in [3.05, 3.63) is 54.1 Å². The summed E-state index contributed by atoms with van der Waals surface area (Å²) in [5.74, 6) is 0.845. The van der Waals surface area contributed by atoms with Crippen molar-refractivity contribution in [2.75, 3.05) is 6.61 Å². The number of nitrogens with two attached hydrogens (primary N) is 1. The summed E-state index contributed by atoms with van der Waals surface area (Å²) in [6, 6.07) is 9.87. The fraction of sp³-hybridized carbons (Fsp3) is 0.308. The van der Waals surface area contributed by atoms with Gasteiger partial charge in [-0.15, -0.1) is 0 Å². The van der Waals surface area contributed by atoms with Gasteiger partial charge in [-0.2, -0.15) is 0 Å². The quantitative estimate of drug-likeness (QED) is 0.851. The number of rotatable bonds is 5. The molecule has 1 atom stereocenters. The van der Waals surface area contributed by atoms with Gasteiger partial charge >= 0.3 is 0 Å². The highest BCUT2D eigenvalue weighted by Crippen LogP contribution is 2.08. The average molecular weight is 231 g/mol. The predicted molar refractivity (Wildman–Crippen MR) is 66.2 cm³/mol. The zero-order valence-corrected chi connectivity index (χ0v) is 9.91. The fourth-order valence-corrected chi connectivity index (χ4v) is 1.69. The highest BCUT2D eigenvalue weighted by molar-refractivity contribution is 5.13. The first-order chi connectivity index (χ1) is 8.27. The Labute approximate surface area is 101 Å². The lowest BCUT2D eigenvalue weighted by molar-refractivity contribution is 0.105. The normalized spacial score (nSPS) is 12.6. The Balaban J connectivity index is 1.81. The molecule has 2 rings (SSSR count). The summed E-state index contributed by atoms with van der Waals surface area (Å²) in [7, 11) is 1.93. The van der Waals surface area contributed by atoms with E-state index in [1.807, 2.05) is 48.1 Å². The molecule has 0 spiro atoms. The number of hydrogen-bond donors (Lipinski definition) is 1. The van der Waals surface area contributed by atoms with Gasteiger partial charge in [0.25, 0.3) is 0 Å². The molecule has 1 aromatic heterocycles. The summed E-state index contributed by atoms with van der Waals surface area (Å²) in [6.45, 7) is 1.05. The van der Waals surface area contributed by atoms with E-state index in [1.54, 1.807) is 6.20 Å². The van der Waals surface area contributed by atoms with E-state index in [-0.39, 0.29) is 6.04 Å². The first-order valence-corrected chi connectivity index (χ1v) is 5.62. The monoisotopic (exact) mass is 231 g/mol. The third-order valence-electron chi connectivity index (χ3n) is 2.60. The van der Waals surface area contributed by atoms with Crippen LogP contribution < -0.4 is 5.73 Å². The van der Waals surface area contributed by atoms with E-state index in [4.69, 9.17) is 10.5 Å². The molecule has 2 aromatic rings. The Kier molecular flexibility index (Phi) is 3.90. The number of aromatic nitrogens is 2. The summed E-state index contributed by atoms with van der Waals surface area (Å²) in [6.07, 6.45) is 3.62. The largest absolute Gasteiger partial charge is 0.375 e. The van der Waals surface area contributed by atoms with Crippen LogP contribution in [0, 0.1) is 0 Å². The lowest BCUT2D eigenvalue weighted by atomic mass is 10.2. The van der Waals surface area contributed by atoms with Crippen molar-refractivity contribution < 1.29 is 4.74 Å². The van der Waals surface area contributed by atoms with E-state index in [1.165, 1.54) is 0 Å². The molecule has 17 heavy (non-hydrogen) atoms. The SMILES string of the molecule is Cn1ccnc1C(N)COCc1ccccc1. The molecule has 0 bridgehead atoms. The molecule has 0 amide bonds. The van der Waals surface area contributed by atoms with E-state index in [0.717, 1.165) is 11.4 Å². The molecule has 90 valence electrons. The van der Waals surface area contributed by atoms with E-state index >= 15 is 0 Å². The fourth-order valence-electron chi connectivity index (χ4n) is 1.69. The Morgan fingerprint density at radius 1 is 1.35 bits per heavy atom. The molecule has 4 heteroatoms. The number of aryl methyl sites for hydroxylation is 1. The third kappa shape index (κ3) is 3.15. The Morgan fingerprint density at radius 2 is 2.12 bits per heavy atom. The highest BCUT2D eigenvalue weighted by atomic mass is 16.5. The van der Waals surface area contributed by atoms with Crippen molar-refractivity contribution in [1.82, 2.24) is 9.55 Å². The Morgan fingerprint density at radius 3 is 2.76 bits per heavy atom. The van der Waals surface area contributed by atoms with E-state index in [2.05, 4.69) is 4.98 Å². The number of hydrogen-bond acceptors (Lipinski definition) is 3. The van der Waals surface area contributed by atoms with Gasteiger partial charge in [0, 0.05) is 19.4 Å². The van der Waals surface area contributed by atoms with Crippen LogP contribution in [0.15, 0.2) is 42.7 Å². The molecule has 1 unspecified atom stereocenters. The van der Waals surface area contributed by atoms with E-state index in [0.29, 0.717) is 13.2 Å². The molecule has 0 aliphatic carbocycles. The van der Waals surface area contributed by atoms with Crippen LogP contribution in [0.3, 0.4) is 0 Å². The van der Waals surface area contributed by atoms with Gasteiger partial charge in [-0.25, -0.2) is 4.98 Å². The predicted octanol–water partition coefficient (Wildman–Crippen LogP) is 1.64. The van der Waals surface area contributed by atoms with Crippen molar-refractivity contribution >= 4 is 0 Å². The van der Waals surface area contributed by atoms with Crippen molar-refractivity contribution in [2.45, 2.75) is 12.6 Å². The van der Waals surface area contributed by atoms with Crippen LogP contribution in [0.2, 0.25) is 0 Å². The zero-order valence-electron chi connectivity index (χ0n) is 9.91. The van der Waals surface area contributed by atoms with Crippen LogP contribution in [0.1, 0.15) is 17.4 Å². The van der Waals surface area contributed by atoms with Gasteiger partial charge < -0.3 is 15.0 Å². The highest BCUT2D eigenvalue weighted by Gasteiger charge is 2.10. The molecular formula is C13H17N3O. The minimum Gasteiger partial charge on any atom is -0.375 e. The van der Waals surface area contributed by atoms with E-state index in [9.17, 15) is 0 Å². The minimum atomic E-state index is -0.182. The molecule has 0 aliphatic heterocycles. The maximum absolute atomic E-state index is 6.00. The second-order valence-electron chi connectivity index (χ2n) is 4.00. The Bertz CT molecular complexity index is 453. The average Bonchev–Trinajstić information content (AvgIpc) is 2.77. The summed E-state index contributed by atoms with van der Waals surface area (Å²) in [5, 5.41) is 0. The summed E-state index contributed by atoms with van der Waals surface area (Å²) < 4.78 is 7.50. The molecule has 0 saturated heterocycles. The zero-order chi connectivity index (χ0) is 12.1. The van der Waals surface area contributed by atoms with Gasteiger partial charge in [-0.3, -0.25) is 0 Å². The summed E-state index contributed by atoms with van der Waals surface area (Å²) >= 11 is 0. The van der Waals surface area contributed by atoms with Crippen LogP contribution in [0.5, 0.6) is 0 Å². The van der Waals surface area contributed by atoms with Crippen molar-refractivity contribution in [2.24, 2.45) is 12.8 Å². The number of ether oxygens (including phenoxy) is 1. The van der Waals surface area contributed by atoms with Gasteiger partial charge in [0.1, 0.15) is 5.82 Å². The first kappa shape index (κ1) is 11.8. The summed E-state index contributed by atoms with van der Waals surface area (Å²) in [5.41, 5.74) is 7.15. The van der Waals surface area contributed by atoms with Crippen LogP contribution in [-0.2, 0) is 18.4 Å². The van der Waals surface area contributed by atoms with Gasteiger partial charge in [-0.05, 0) is 5.56 Å². The standard InChI is InChI=1S/C13H17N3O/c1-16-8-7-15-13(16)12(14)10-17-9-11-5-3-2-4-6-11/h2-8,12H,9-10,14H2,1H3. The molecular weight excluding hydrogens is 214 g/mol. The molecule has 0 aliphatic rings. The van der Waals surface area contributed by atoms with Crippen LogP contribution in [0.25, 0.3) is 0 Å². The maximum atomic E-state index is 6.00. The van der Waals surface area contributed by atoms with Crippen LogP contribution >= 0.6 is 0 Å².